The van der Waals surface area contributed by atoms with Crippen molar-refractivity contribution in [1.29, 1.82) is 0 Å². The molecule has 0 aromatic heterocycles. The Hall–Kier alpha value is -1.42. The second kappa shape index (κ2) is 4.61. The van der Waals surface area contributed by atoms with Crippen molar-refractivity contribution in [3.05, 3.63) is 29.6 Å². The Morgan fingerprint density at radius 2 is 2.19 bits per heavy atom. The third-order valence-electron chi connectivity index (χ3n) is 2.88. The lowest BCUT2D eigenvalue weighted by Crippen LogP contribution is -2.35. The average Bonchev–Trinajstić information content (AvgIpc) is 2.31. The van der Waals surface area contributed by atoms with Crippen molar-refractivity contribution < 1.29 is 9.18 Å². The molecular formula is C12H15FN2O. The second-order valence-electron chi connectivity index (χ2n) is 3.98. The van der Waals surface area contributed by atoms with Gasteiger partial charge in [0.1, 0.15) is 5.82 Å². The number of nitrogens with two attached hydrogens (primary N) is 1. The fourth-order valence-electron chi connectivity index (χ4n) is 1.96. The van der Waals surface area contributed by atoms with E-state index in [0.29, 0.717) is 18.5 Å². The van der Waals surface area contributed by atoms with E-state index in [1.807, 2.05) is 0 Å². The van der Waals surface area contributed by atoms with Crippen LogP contribution in [0.1, 0.15) is 24.8 Å². The quantitative estimate of drug-likeness (QED) is 0.829. The lowest BCUT2D eigenvalue weighted by molar-refractivity contribution is -0.119. The number of benzene rings is 1. The minimum atomic E-state index is -0.310. The number of hydrogen-bond acceptors (Lipinski definition) is 2. The molecule has 0 atom stereocenters. The molecular weight excluding hydrogens is 207 g/mol. The number of carbonyl (C=O) groups excluding carboxylic acids is 1. The topological polar surface area (TPSA) is 46.3 Å². The first-order chi connectivity index (χ1) is 7.72. The highest BCUT2D eigenvalue weighted by atomic mass is 19.1. The van der Waals surface area contributed by atoms with Crippen molar-refractivity contribution in [3.8, 4) is 0 Å². The fraction of sp³-hybridized carbons (Fsp3) is 0.417. The van der Waals surface area contributed by atoms with Gasteiger partial charge in [-0.25, -0.2) is 4.39 Å². The largest absolute Gasteiger partial charge is 0.326 e. The molecule has 0 radical (unpaired) electrons. The van der Waals surface area contributed by atoms with Gasteiger partial charge in [-0.1, -0.05) is 0 Å². The van der Waals surface area contributed by atoms with Gasteiger partial charge in [0, 0.05) is 30.8 Å². The fourth-order valence-corrected chi connectivity index (χ4v) is 1.96. The Kier molecular flexibility index (Phi) is 3.19. The van der Waals surface area contributed by atoms with E-state index >= 15 is 0 Å². The zero-order valence-corrected chi connectivity index (χ0v) is 9.08. The maximum absolute atomic E-state index is 13.3. The highest BCUT2D eigenvalue weighted by molar-refractivity contribution is 5.94. The standard InChI is InChI=1S/C12H15FN2O/c13-11-5-4-10(7-9(11)8-14)15-6-2-1-3-12(15)16/h4-5,7H,1-3,6,8,14H2. The number of nitrogens with zero attached hydrogens (tertiary/aromatic N) is 1. The minimum Gasteiger partial charge on any atom is -0.326 e. The van der Waals surface area contributed by atoms with Gasteiger partial charge in [-0.15, -0.1) is 0 Å². The van der Waals surface area contributed by atoms with Crippen molar-refractivity contribution in [3.63, 3.8) is 0 Å². The Balaban J connectivity index is 2.29. The Morgan fingerprint density at radius 1 is 1.38 bits per heavy atom. The molecule has 1 fully saturated rings. The van der Waals surface area contributed by atoms with Crippen LogP contribution in [0.3, 0.4) is 0 Å². The van der Waals surface area contributed by atoms with Gasteiger partial charge in [0.05, 0.1) is 0 Å². The molecule has 2 rings (SSSR count). The van der Waals surface area contributed by atoms with E-state index < -0.39 is 0 Å². The number of amides is 1. The van der Waals surface area contributed by atoms with Crippen LogP contribution in [0.25, 0.3) is 0 Å². The molecule has 16 heavy (non-hydrogen) atoms. The molecule has 1 amide bonds. The first kappa shape index (κ1) is 11.1. The van der Waals surface area contributed by atoms with Crippen LogP contribution in [0.2, 0.25) is 0 Å². The van der Waals surface area contributed by atoms with Crippen molar-refractivity contribution in [2.45, 2.75) is 25.8 Å². The number of hydrogen-bond donors (Lipinski definition) is 1. The predicted octanol–water partition coefficient (Wildman–Crippen LogP) is 1.80. The third kappa shape index (κ3) is 2.07. The van der Waals surface area contributed by atoms with Crippen LogP contribution in [-0.2, 0) is 11.3 Å². The van der Waals surface area contributed by atoms with Crippen LogP contribution in [0.15, 0.2) is 18.2 Å². The normalized spacial score (nSPS) is 16.6. The average molecular weight is 222 g/mol. The number of halogens is 1. The van der Waals surface area contributed by atoms with E-state index in [9.17, 15) is 9.18 Å². The number of anilines is 1. The molecule has 0 bridgehead atoms. The van der Waals surface area contributed by atoms with Crippen molar-refractivity contribution in [2.24, 2.45) is 5.73 Å². The summed E-state index contributed by atoms with van der Waals surface area (Å²) in [6.45, 7) is 0.871. The van der Waals surface area contributed by atoms with Crippen LogP contribution < -0.4 is 10.6 Å². The molecule has 86 valence electrons. The summed E-state index contributed by atoms with van der Waals surface area (Å²) in [5.41, 5.74) is 6.65. The smallest absolute Gasteiger partial charge is 0.226 e. The van der Waals surface area contributed by atoms with Crippen LogP contribution in [0, 0.1) is 5.82 Å². The SMILES string of the molecule is NCc1cc(N2CCCCC2=O)ccc1F. The van der Waals surface area contributed by atoms with Gasteiger partial charge in [-0.3, -0.25) is 4.79 Å². The van der Waals surface area contributed by atoms with Gasteiger partial charge < -0.3 is 10.6 Å². The molecule has 4 heteroatoms. The Morgan fingerprint density at radius 3 is 2.88 bits per heavy atom. The van der Waals surface area contributed by atoms with Crippen LogP contribution in [-0.4, -0.2) is 12.5 Å². The summed E-state index contributed by atoms with van der Waals surface area (Å²) >= 11 is 0. The van der Waals surface area contributed by atoms with E-state index in [0.717, 1.165) is 18.5 Å². The van der Waals surface area contributed by atoms with E-state index in [-0.39, 0.29) is 18.3 Å². The van der Waals surface area contributed by atoms with Crippen molar-refractivity contribution in [2.75, 3.05) is 11.4 Å². The molecule has 0 unspecified atom stereocenters. The van der Waals surface area contributed by atoms with Crippen LogP contribution in [0.4, 0.5) is 10.1 Å². The van der Waals surface area contributed by atoms with Crippen LogP contribution in [0.5, 0.6) is 0 Å². The van der Waals surface area contributed by atoms with E-state index in [4.69, 9.17) is 5.73 Å². The van der Waals surface area contributed by atoms with Gasteiger partial charge in [0.25, 0.3) is 0 Å². The monoisotopic (exact) mass is 222 g/mol. The summed E-state index contributed by atoms with van der Waals surface area (Å²) in [5, 5.41) is 0. The first-order valence-electron chi connectivity index (χ1n) is 5.51. The Bertz CT molecular complexity index is 406. The lowest BCUT2D eigenvalue weighted by Gasteiger charge is -2.27. The van der Waals surface area contributed by atoms with E-state index in [1.165, 1.54) is 6.07 Å². The third-order valence-corrected chi connectivity index (χ3v) is 2.88. The highest BCUT2D eigenvalue weighted by Gasteiger charge is 2.20. The maximum Gasteiger partial charge on any atom is 0.226 e. The molecule has 1 aromatic rings. The molecule has 0 spiro atoms. The van der Waals surface area contributed by atoms with E-state index in [1.54, 1.807) is 17.0 Å². The first-order valence-corrected chi connectivity index (χ1v) is 5.51. The predicted molar refractivity (Wildman–Crippen MR) is 60.5 cm³/mol. The molecule has 2 N–H and O–H groups in total. The zero-order valence-electron chi connectivity index (χ0n) is 9.08. The van der Waals surface area contributed by atoms with Gasteiger partial charge in [0.15, 0.2) is 0 Å². The zero-order chi connectivity index (χ0) is 11.5. The highest BCUT2D eigenvalue weighted by Crippen LogP contribution is 2.23. The summed E-state index contributed by atoms with van der Waals surface area (Å²) in [6.07, 6.45) is 2.52. The summed E-state index contributed by atoms with van der Waals surface area (Å²) in [7, 11) is 0. The molecule has 3 nitrogen and oxygen atoms in total. The summed E-state index contributed by atoms with van der Waals surface area (Å²) < 4.78 is 13.3. The molecule has 0 saturated carbocycles. The number of carbonyl (C=O) groups is 1. The summed E-state index contributed by atoms with van der Waals surface area (Å²) in [6, 6.07) is 4.68. The maximum atomic E-state index is 13.3. The summed E-state index contributed by atoms with van der Waals surface area (Å²) in [4.78, 5) is 13.4. The Labute approximate surface area is 94.0 Å². The van der Waals surface area contributed by atoms with E-state index in [2.05, 4.69) is 0 Å². The number of rotatable bonds is 2. The van der Waals surface area contributed by atoms with Crippen LogP contribution >= 0.6 is 0 Å². The van der Waals surface area contributed by atoms with Crippen molar-refractivity contribution in [1.82, 2.24) is 0 Å². The molecule has 1 saturated heterocycles. The molecule has 0 aliphatic carbocycles. The van der Waals surface area contributed by atoms with Crippen molar-refractivity contribution >= 4 is 11.6 Å². The molecule has 1 aliphatic rings. The van der Waals surface area contributed by atoms with Gasteiger partial charge in [-0.2, -0.15) is 0 Å². The molecule has 1 aromatic carbocycles. The second-order valence-corrected chi connectivity index (χ2v) is 3.98. The number of piperidine rings is 1. The summed E-state index contributed by atoms with van der Waals surface area (Å²) in [5.74, 6) is -0.198. The molecule has 1 aliphatic heterocycles. The van der Waals surface area contributed by atoms with Gasteiger partial charge >= 0.3 is 0 Å². The molecule has 1 heterocycles. The lowest BCUT2D eigenvalue weighted by atomic mass is 10.1. The minimum absolute atomic E-state index is 0.112. The van der Waals surface area contributed by atoms with Gasteiger partial charge in [0.2, 0.25) is 5.91 Å². The van der Waals surface area contributed by atoms with Gasteiger partial charge in [-0.05, 0) is 31.0 Å².